The Morgan fingerprint density at radius 1 is 1.04 bits per heavy atom. The van der Waals surface area contributed by atoms with Crippen LogP contribution in [0.15, 0.2) is 60.7 Å². The van der Waals surface area contributed by atoms with Crippen molar-refractivity contribution in [1.29, 1.82) is 0 Å². The van der Waals surface area contributed by atoms with Crippen molar-refractivity contribution in [3.63, 3.8) is 0 Å². The Kier molecular flexibility index (Phi) is 4.66. The van der Waals surface area contributed by atoms with Crippen molar-refractivity contribution in [1.82, 2.24) is 0 Å². The minimum atomic E-state index is -0.934. The molecule has 4 heteroatoms. The van der Waals surface area contributed by atoms with Crippen molar-refractivity contribution in [3.8, 4) is 5.75 Å². The molecule has 2 N–H and O–H groups in total. The predicted octanol–water partition coefficient (Wildman–Crippen LogP) is 4.34. The second kappa shape index (κ2) is 7.04. The fourth-order valence-electron chi connectivity index (χ4n) is 2.74. The van der Waals surface area contributed by atoms with E-state index in [1.165, 1.54) is 0 Å². The van der Waals surface area contributed by atoms with E-state index in [-0.39, 0.29) is 5.56 Å². The molecule has 3 rings (SSSR count). The van der Waals surface area contributed by atoms with Gasteiger partial charge >= 0.3 is 5.97 Å². The molecule has 4 nitrogen and oxygen atoms in total. The summed E-state index contributed by atoms with van der Waals surface area (Å²) in [5, 5.41) is 14.7. The molecule has 0 bridgehead atoms. The van der Waals surface area contributed by atoms with Crippen molar-refractivity contribution in [2.75, 3.05) is 18.5 Å². The number of benzene rings is 3. The Morgan fingerprint density at radius 3 is 2.62 bits per heavy atom. The summed E-state index contributed by atoms with van der Waals surface area (Å²) in [6.45, 7) is 2.86. The minimum absolute atomic E-state index is 0.278. The third kappa shape index (κ3) is 3.33. The van der Waals surface area contributed by atoms with Gasteiger partial charge in [-0.25, -0.2) is 4.79 Å². The average Bonchev–Trinajstić information content (AvgIpc) is 2.59. The van der Waals surface area contributed by atoms with E-state index in [1.807, 2.05) is 55.5 Å². The molecule has 0 aliphatic carbocycles. The van der Waals surface area contributed by atoms with Gasteiger partial charge in [0.15, 0.2) is 0 Å². The molecule has 0 saturated heterocycles. The van der Waals surface area contributed by atoms with E-state index in [0.717, 1.165) is 22.1 Å². The maximum atomic E-state index is 11.3. The molecule has 0 amide bonds. The SMILES string of the molecule is Cc1cccc(C(=O)O)c1NCCOc1cccc2ccccc12. The van der Waals surface area contributed by atoms with E-state index in [4.69, 9.17) is 4.74 Å². The van der Waals surface area contributed by atoms with E-state index >= 15 is 0 Å². The molecular formula is C20H19NO3. The smallest absolute Gasteiger partial charge is 0.337 e. The Balaban J connectivity index is 1.67. The highest BCUT2D eigenvalue weighted by atomic mass is 16.5. The van der Waals surface area contributed by atoms with Crippen LogP contribution in [0, 0.1) is 6.92 Å². The van der Waals surface area contributed by atoms with Crippen LogP contribution in [0.4, 0.5) is 5.69 Å². The quantitative estimate of drug-likeness (QED) is 0.663. The number of ether oxygens (including phenoxy) is 1. The Bertz CT molecular complexity index is 868. The summed E-state index contributed by atoms with van der Waals surface area (Å²) in [5.74, 6) is -0.102. The van der Waals surface area contributed by atoms with Crippen molar-refractivity contribution in [2.45, 2.75) is 6.92 Å². The highest BCUT2D eigenvalue weighted by molar-refractivity contribution is 5.95. The second-order valence-corrected chi connectivity index (χ2v) is 5.56. The molecule has 0 spiro atoms. The predicted molar refractivity (Wildman–Crippen MR) is 96.1 cm³/mol. The Hall–Kier alpha value is -3.01. The van der Waals surface area contributed by atoms with Crippen LogP contribution in [-0.2, 0) is 0 Å². The highest BCUT2D eigenvalue weighted by Gasteiger charge is 2.11. The van der Waals surface area contributed by atoms with E-state index < -0.39 is 5.97 Å². The molecule has 3 aromatic carbocycles. The zero-order valence-electron chi connectivity index (χ0n) is 13.5. The normalized spacial score (nSPS) is 10.5. The fourth-order valence-corrected chi connectivity index (χ4v) is 2.74. The zero-order valence-corrected chi connectivity index (χ0v) is 13.5. The molecule has 0 fully saturated rings. The monoisotopic (exact) mass is 321 g/mol. The van der Waals surface area contributed by atoms with Crippen molar-refractivity contribution in [3.05, 3.63) is 71.8 Å². The lowest BCUT2D eigenvalue weighted by Crippen LogP contribution is -2.15. The van der Waals surface area contributed by atoms with Gasteiger partial charge in [-0.15, -0.1) is 0 Å². The molecule has 0 radical (unpaired) electrons. The molecule has 0 unspecified atom stereocenters. The lowest BCUT2D eigenvalue weighted by molar-refractivity contribution is 0.0698. The van der Waals surface area contributed by atoms with Crippen LogP contribution in [0.5, 0.6) is 5.75 Å². The van der Waals surface area contributed by atoms with Crippen molar-refractivity contribution < 1.29 is 14.6 Å². The van der Waals surface area contributed by atoms with Crippen LogP contribution >= 0.6 is 0 Å². The summed E-state index contributed by atoms with van der Waals surface area (Å²) >= 11 is 0. The van der Waals surface area contributed by atoms with Gasteiger partial charge in [-0.2, -0.15) is 0 Å². The number of carboxylic acid groups (broad SMARTS) is 1. The largest absolute Gasteiger partial charge is 0.491 e. The minimum Gasteiger partial charge on any atom is -0.491 e. The summed E-state index contributed by atoms with van der Waals surface area (Å²) in [6.07, 6.45) is 0. The third-order valence-corrected chi connectivity index (χ3v) is 3.91. The van der Waals surface area contributed by atoms with Gasteiger partial charge in [-0.3, -0.25) is 0 Å². The number of rotatable bonds is 6. The summed E-state index contributed by atoms with van der Waals surface area (Å²) < 4.78 is 5.87. The summed E-state index contributed by atoms with van der Waals surface area (Å²) in [5.41, 5.74) is 1.83. The number of nitrogens with one attached hydrogen (secondary N) is 1. The first-order valence-corrected chi connectivity index (χ1v) is 7.84. The van der Waals surface area contributed by atoms with Gasteiger partial charge in [0.25, 0.3) is 0 Å². The summed E-state index contributed by atoms with van der Waals surface area (Å²) in [6, 6.07) is 19.3. The van der Waals surface area contributed by atoms with Crippen LogP contribution in [0.1, 0.15) is 15.9 Å². The summed E-state index contributed by atoms with van der Waals surface area (Å²) in [4.78, 5) is 11.3. The highest BCUT2D eigenvalue weighted by Crippen LogP contribution is 2.25. The molecule has 0 heterocycles. The number of para-hydroxylation sites is 1. The molecule has 0 aliphatic rings. The standard InChI is InChI=1S/C20H19NO3/c1-14-6-4-10-17(20(22)23)19(14)21-12-13-24-18-11-5-8-15-7-2-3-9-16(15)18/h2-11,21H,12-13H2,1H3,(H,22,23). The van der Waals surface area contributed by atoms with Crippen LogP contribution in [0.3, 0.4) is 0 Å². The van der Waals surface area contributed by atoms with Gasteiger partial charge in [-0.05, 0) is 30.0 Å². The maximum Gasteiger partial charge on any atom is 0.337 e. The van der Waals surface area contributed by atoms with E-state index in [0.29, 0.717) is 18.8 Å². The Labute approximate surface area is 140 Å². The van der Waals surface area contributed by atoms with E-state index in [9.17, 15) is 9.90 Å². The molecule has 24 heavy (non-hydrogen) atoms. The van der Waals surface area contributed by atoms with Crippen molar-refractivity contribution >= 4 is 22.4 Å². The number of anilines is 1. The molecule has 0 atom stereocenters. The molecule has 0 aliphatic heterocycles. The van der Waals surface area contributed by atoms with Crippen LogP contribution in [0.2, 0.25) is 0 Å². The lowest BCUT2D eigenvalue weighted by Gasteiger charge is -2.14. The molecule has 122 valence electrons. The first-order chi connectivity index (χ1) is 11.7. The van der Waals surface area contributed by atoms with Crippen LogP contribution < -0.4 is 10.1 Å². The third-order valence-electron chi connectivity index (χ3n) is 3.91. The lowest BCUT2D eigenvalue weighted by atomic mass is 10.1. The average molecular weight is 321 g/mol. The zero-order chi connectivity index (χ0) is 16.9. The number of aryl methyl sites for hydroxylation is 1. The van der Waals surface area contributed by atoms with Gasteiger partial charge in [0, 0.05) is 11.9 Å². The first kappa shape index (κ1) is 15.9. The van der Waals surface area contributed by atoms with E-state index in [2.05, 4.69) is 5.32 Å². The first-order valence-electron chi connectivity index (χ1n) is 7.84. The fraction of sp³-hybridized carbons (Fsp3) is 0.150. The topological polar surface area (TPSA) is 58.6 Å². The number of carboxylic acids is 1. The number of hydrogen-bond donors (Lipinski definition) is 2. The van der Waals surface area contributed by atoms with E-state index in [1.54, 1.807) is 12.1 Å². The molecule has 0 saturated carbocycles. The van der Waals surface area contributed by atoms with Gasteiger partial charge in [0.05, 0.1) is 11.3 Å². The van der Waals surface area contributed by atoms with Gasteiger partial charge in [-0.1, -0.05) is 48.5 Å². The Morgan fingerprint density at radius 2 is 1.79 bits per heavy atom. The van der Waals surface area contributed by atoms with Gasteiger partial charge in [0.2, 0.25) is 0 Å². The number of hydrogen-bond acceptors (Lipinski definition) is 3. The number of carbonyl (C=O) groups is 1. The van der Waals surface area contributed by atoms with Crippen LogP contribution in [-0.4, -0.2) is 24.2 Å². The maximum absolute atomic E-state index is 11.3. The van der Waals surface area contributed by atoms with Gasteiger partial charge in [0.1, 0.15) is 12.4 Å². The number of aromatic carboxylic acids is 1. The molecule has 3 aromatic rings. The molecule has 0 aromatic heterocycles. The number of fused-ring (bicyclic) bond motifs is 1. The van der Waals surface area contributed by atoms with Gasteiger partial charge < -0.3 is 15.2 Å². The second-order valence-electron chi connectivity index (χ2n) is 5.56. The summed E-state index contributed by atoms with van der Waals surface area (Å²) in [7, 11) is 0. The van der Waals surface area contributed by atoms with Crippen LogP contribution in [0.25, 0.3) is 10.8 Å². The van der Waals surface area contributed by atoms with Crippen molar-refractivity contribution in [2.24, 2.45) is 0 Å². The molecular weight excluding hydrogens is 302 g/mol.